The monoisotopic (exact) mass is 340 g/mol. The Balaban J connectivity index is 1.74. The maximum Gasteiger partial charge on any atom is 0.322 e. The fourth-order valence-electron chi connectivity index (χ4n) is 2.58. The predicted octanol–water partition coefficient (Wildman–Crippen LogP) is 1.96. The van der Waals surface area contributed by atoms with Crippen LogP contribution in [0.5, 0.6) is 0 Å². The summed E-state index contributed by atoms with van der Waals surface area (Å²) in [7, 11) is 1.50. The van der Waals surface area contributed by atoms with Gasteiger partial charge in [0.1, 0.15) is 11.5 Å². The molecule has 25 heavy (non-hydrogen) atoms. The maximum absolute atomic E-state index is 12.3. The van der Waals surface area contributed by atoms with E-state index >= 15 is 0 Å². The highest BCUT2D eigenvalue weighted by molar-refractivity contribution is 5.96. The minimum atomic E-state index is -0.600. The lowest BCUT2D eigenvalue weighted by atomic mass is 10.2. The predicted molar refractivity (Wildman–Crippen MR) is 89.8 cm³/mol. The molecule has 2 aromatic heterocycles. The van der Waals surface area contributed by atoms with E-state index in [1.807, 2.05) is 30.3 Å². The quantitative estimate of drug-likeness (QED) is 0.543. The molecule has 2 heterocycles. The Labute approximate surface area is 142 Å². The molecule has 0 radical (unpaired) electrons. The van der Waals surface area contributed by atoms with Gasteiger partial charge in [-0.25, -0.2) is 4.98 Å². The van der Waals surface area contributed by atoms with Crippen molar-refractivity contribution in [3.8, 4) is 11.3 Å². The third kappa shape index (κ3) is 3.25. The highest BCUT2D eigenvalue weighted by atomic mass is 16.6. The second-order valence-corrected chi connectivity index (χ2v) is 5.46. The third-order valence-electron chi connectivity index (χ3n) is 3.72. The Morgan fingerprint density at radius 3 is 2.76 bits per heavy atom. The summed E-state index contributed by atoms with van der Waals surface area (Å²) in [5.74, 6) is -0.0267. The molecule has 1 aromatic carbocycles. The lowest BCUT2D eigenvalue weighted by Crippen LogP contribution is -2.26. The van der Waals surface area contributed by atoms with Crippen molar-refractivity contribution in [3.05, 3.63) is 63.9 Å². The Kier molecular flexibility index (Phi) is 4.29. The summed E-state index contributed by atoms with van der Waals surface area (Å²) >= 11 is 0. The van der Waals surface area contributed by atoms with Gasteiger partial charge in [-0.3, -0.25) is 19.6 Å². The number of benzene rings is 1. The van der Waals surface area contributed by atoms with Crippen molar-refractivity contribution in [1.29, 1.82) is 0 Å². The van der Waals surface area contributed by atoms with E-state index in [1.54, 1.807) is 6.20 Å². The second-order valence-electron chi connectivity index (χ2n) is 5.46. The van der Waals surface area contributed by atoms with E-state index < -0.39 is 10.8 Å². The van der Waals surface area contributed by atoms with Gasteiger partial charge >= 0.3 is 5.69 Å². The number of hydrogen-bond donors (Lipinski definition) is 2. The van der Waals surface area contributed by atoms with Crippen LogP contribution >= 0.6 is 0 Å². The Morgan fingerprint density at radius 2 is 2.08 bits per heavy atom. The van der Waals surface area contributed by atoms with Crippen molar-refractivity contribution in [2.45, 2.75) is 13.5 Å². The van der Waals surface area contributed by atoms with Gasteiger partial charge in [-0.05, 0) is 12.5 Å². The van der Waals surface area contributed by atoms with Crippen LogP contribution in [0.15, 0.2) is 36.5 Å². The Morgan fingerprint density at radius 1 is 1.36 bits per heavy atom. The van der Waals surface area contributed by atoms with Gasteiger partial charge in [0.05, 0.1) is 23.4 Å². The average molecular weight is 340 g/mol. The van der Waals surface area contributed by atoms with E-state index in [-0.39, 0.29) is 23.6 Å². The molecule has 0 aliphatic heterocycles. The van der Waals surface area contributed by atoms with Crippen LogP contribution in [0, 0.1) is 17.0 Å². The van der Waals surface area contributed by atoms with Crippen LogP contribution in [0.2, 0.25) is 0 Å². The van der Waals surface area contributed by atoms with Crippen molar-refractivity contribution in [2.24, 2.45) is 7.05 Å². The van der Waals surface area contributed by atoms with Crippen LogP contribution in [0.1, 0.15) is 22.0 Å². The summed E-state index contributed by atoms with van der Waals surface area (Å²) in [6.07, 6.45) is 1.67. The third-order valence-corrected chi connectivity index (χ3v) is 3.72. The highest BCUT2D eigenvalue weighted by Crippen LogP contribution is 2.22. The van der Waals surface area contributed by atoms with E-state index in [2.05, 4.69) is 20.4 Å². The molecular formula is C16H16N6O3. The smallest absolute Gasteiger partial charge is 0.322 e. The molecule has 0 saturated heterocycles. The van der Waals surface area contributed by atoms with Crippen LogP contribution < -0.4 is 5.32 Å². The molecule has 3 rings (SSSR count). The maximum atomic E-state index is 12.3. The SMILES string of the molecule is Cc1nn(C)c(C(=O)NCc2ncc(-c3ccccc3)[nH]2)c1[N+](=O)[O-]. The van der Waals surface area contributed by atoms with Crippen LogP contribution in [0.3, 0.4) is 0 Å². The molecule has 0 aliphatic rings. The first-order valence-corrected chi connectivity index (χ1v) is 7.53. The summed E-state index contributed by atoms with van der Waals surface area (Å²) in [5.41, 5.74) is 1.63. The van der Waals surface area contributed by atoms with Gasteiger partial charge in [-0.15, -0.1) is 0 Å². The van der Waals surface area contributed by atoms with Crippen molar-refractivity contribution >= 4 is 11.6 Å². The zero-order chi connectivity index (χ0) is 18.0. The molecule has 2 N–H and O–H groups in total. The number of H-pyrrole nitrogens is 1. The van der Waals surface area contributed by atoms with E-state index in [9.17, 15) is 14.9 Å². The minimum Gasteiger partial charge on any atom is -0.343 e. The molecule has 0 spiro atoms. The molecule has 0 atom stereocenters. The molecular weight excluding hydrogens is 324 g/mol. The first-order chi connectivity index (χ1) is 12.0. The number of rotatable bonds is 5. The Bertz CT molecular complexity index is 929. The normalized spacial score (nSPS) is 10.6. The molecule has 0 aliphatic carbocycles. The summed E-state index contributed by atoms with van der Waals surface area (Å²) < 4.78 is 1.21. The van der Waals surface area contributed by atoms with Crippen molar-refractivity contribution in [1.82, 2.24) is 25.1 Å². The summed E-state index contributed by atoms with van der Waals surface area (Å²) in [6.45, 7) is 1.61. The second kappa shape index (κ2) is 6.56. The molecule has 0 bridgehead atoms. The average Bonchev–Trinajstić information content (AvgIpc) is 3.17. The van der Waals surface area contributed by atoms with Gasteiger partial charge in [-0.2, -0.15) is 5.10 Å². The number of imidazole rings is 1. The van der Waals surface area contributed by atoms with Crippen molar-refractivity contribution in [3.63, 3.8) is 0 Å². The number of aryl methyl sites for hydroxylation is 2. The van der Waals surface area contributed by atoms with E-state index in [1.165, 1.54) is 18.7 Å². The number of hydrogen-bond acceptors (Lipinski definition) is 5. The van der Waals surface area contributed by atoms with Gasteiger partial charge in [0, 0.05) is 7.05 Å². The van der Waals surface area contributed by atoms with Crippen LogP contribution in [0.4, 0.5) is 5.69 Å². The zero-order valence-electron chi connectivity index (χ0n) is 13.7. The number of nitro groups is 1. The van der Waals surface area contributed by atoms with E-state index in [0.717, 1.165) is 11.3 Å². The fraction of sp³-hybridized carbons (Fsp3) is 0.188. The van der Waals surface area contributed by atoms with Gasteiger partial charge in [-0.1, -0.05) is 30.3 Å². The number of aromatic nitrogens is 4. The fourth-order valence-corrected chi connectivity index (χ4v) is 2.58. The summed E-state index contributed by atoms with van der Waals surface area (Å²) in [4.78, 5) is 30.2. The van der Waals surface area contributed by atoms with Crippen LogP contribution in [-0.2, 0) is 13.6 Å². The molecule has 0 unspecified atom stereocenters. The van der Waals surface area contributed by atoms with Crippen molar-refractivity contribution < 1.29 is 9.72 Å². The summed E-state index contributed by atoms with van der Waals surface area (Å²) in [6, 6.07) is 9.64. The molecule has 9 nitrogen and oxygen atoms in total. The molecule has 3 aromatic rings. The largest absolute Gasteiger partial charge is 0.343 e. The van der Waals surface area contributed by atoms with Gasteiger partial charge < -0.3 is 10.3 Å². The van der Waals surface area contributed by atoms with Gasteiger partial charge in [0.2, 0.25) is 5.69 Å². The van der Waals surface area contributed by atoms with Gasteiger partial charge in [0.15, 0.2) is 0 Å². The number of amides is 1. The molecule has 0 saturated carbocycles. The van der Waals surface area contributed by atoms with Crippen molar-refractivity contribution in [2.75, 3.05) is 0 Å². The first-order valence-electron chi connectivity index (χ1n) is 7.53. The number of carbonyl (C=O) groups is 1. The topological polar surface area (TPSA) is 119 Å². The summed E-state index contributed by atoms with van der Waals surface area (Å²) in [5, 5.41) is 17.7. The zero-order valence-corrected chi connectivity index (χ0v) is 13.7. The van der Waals surface area contributed by atoms with Crippen LogP contribution in [0.25, 0.3) is 11.3 Å². The molecule has 128 valence electrons. The lowest BCUT2D eigenvalue weighted by molar-refractivity contribution is -0.385. The lowest BCUT2D eigenvalue weighted by Gasteiger charge is -2.03. The first kappa shape index (κ1) is 16.4. The molecule has 9 heteroatoms. The van der Waals surface area contributed by atoms with Crippen LogP contribution in [-0.4, -0.2) is 30.6 Å². The number of aromatic amines is 1. The Hall–Kier alpha value is -3.49. The van der Waals surface area contributed by atoms with E-state index in [0.29, 0.717) is 5.82 Å². The molecule has 1 amide bonds. The highest BCUT2D eigenvalue weighted by Gasteiger charge is 2.29. The number of nitrogens with one attached hydrogen (secondary N) is 2. The number of nitrogens with zero attached hydrogens (tertiary/aromatic N) is 4. The molecule has 0 fully saturated rings. The van der Waals surface area contributed by atoms with E-state index in [4.69, 9.17) is 0 Å². The van der Waals surface area contributed by atoms with Gasteiger partial charge in [0.25, 0.3) is 5.91 Å². The number of carbonyl (C=O) groups excluding carboxylic acids is 1. The standard InChI is InChI=1S/C16H16N6O3/c1-10-14(22(24)25)15(21(2)20-10)16(23)18-9-13-17-8-12(19-13)11-6-4-3-5-7-11/h3-8H,9H2,1-2H3,(H,17,19)(H,18,23). The minimum absolute atomic E-state index is 0.0858.